The topological polar surface area (TPSA) is 0 Å². The molecule has 1 aromatic rings. The summed E-state index contributed by atoms with van der Waals surface area (Å²) in [6.07, 6.45) is 26.1. The lowest BCUT2D eigenvalue weighted by atomic mass is 10.0. The van der Waals surface area contributed by atoms with E-state index in [0.29, 0.717) is 0 Å². The zero-order chi connectivity index (χ0) is 21.3. The first kappa shape index (κ1) is 25.3. The minimum absolute atomic E-state index is 0.854. The van der Waals surface area contributed by atoms with Crippen LogP contribution in [-0.4, -0.2) is 0 Å². The van der Waals surface area contributed by atoms with E-state index in [0.717, 1.165) is 44.9 Å². The van der Waals surface area contributed by atoms with Crippen molar-refractivity contribution < 1.29 is 0 Å². The average molecular weight is 409 g/mol. The van der Waals surface area contributed by atoms with Crippen molar-refractivity contribution in [1.29, 1.82) is 0 Å². The van der Waals surface area contributed by atoms with Gasteiger partial charge < -0.3 is 0 Å². The van der Waals surface area contributed by atoms with Crippen molar-refractivity contribution in [3.8, 4) is 12.3 Å². The molecule has 0 saturated heterocycles. The molecule has 0 aromatic carbocycles. The summed E-state index contributed by atoms with van der Waals surface area (Å²) in [5, 5.41) is 4.42. The lowest BCUT2D eigenvalue weighted by Crippen LogP contribution is -1.83. The Hall–Kier alpha value is -1.78. The van der Waals surface area contributed by atoms with Gasteiger partial charge in [-0.05, 0) is 108 Å². The van der Waals surface area contributed by atoms with Crippen LogP contribution in [0.15, 0.2) is 63.4 Å². The van der Waals surface area contributed by atoms with E-state index in [4.69, 9.17) is 6.42 Å². The number of terminal acetylenes is 1. The van der Waals surface area contributed by atoms with Crippen LogP contribution in [0.4, 0.5) is 0 Å². The van der Waals surface area contributed by atoms with Crippen molar-refractivity contribution in [2.75, 3.05) is 0 Å². The minimum atomic E-state index is 0.854. The highest BCUT2D eigenvalue weighted by molar-refractivity contribution is 7.07. The van der Waals surface area contributed by atoms with Gasteiger partial charge in [0.2, 0.25) is 0 Å². The van der Waals surface area contributed by atoms with E-state index in [2.05, 4.69) is 74.7 Å². The fourth-order valence-corrected chi connectivity index (χ4v) is 3.94. The van der Waals surface area contributed by atoms with Crippen LogP contribution in [0.5, 0.6) is 0 Å². The van der Waals surface area contributed by atoms with Crippen LogP contribution in [-0.2, 0) is 6.42 Å². The number of hydrogen-bond acceptors (Lipinski definition) is 1. The average Bonchev–Trinajstić information content (AvgIpc) is 3.20. The highest BCUT2D eigenvalue weighted by atomic mass is 32.1. The van der Waals surface area contributed by atoms with Crippen molar-refractivity contribution in [3.05, 3.63) is 69.0 Å². The predicted molar refractivity (Wildman–Crippen MR) is 133 cm³/mol. The van der Waals surface area contributed by atoms with Gasteiger partial charge in [-0.2, -0.15) is 11.3 Å². The highest BCUT2D eigenvalue weighted by Gasteiger charge is 1.95. The molecule has 0 saturated carbocycles. The van der Waals surface area contributed by atoms with Crippen LogP contribution in [0.25, 0.3) is 0 Å². The molecule has 0 aliphatic heterocycles. The summed E-state index contributed by atoms with van der Waals surface area (Å²) in [6.45, 7) is 8.99. The molecule has 1 aromatic heterocycles. The number of allylic oxidation sites excluding steroid dienone is 8. The van der Waals surface area contributed by atoms with Crippen molar-refractivity contribution >= 4 is 11.3 Å². The zero-order valence-electron chi connectivity index (χ0n) is 19.1. The van der Waals surface area contributed by atoms with E-state index in [1.165, 1.54) is 47.1 Å². The van der Waals surface area contributed by atoms with Crippen molar-refractivity contribution in [2.45, 2.75) is 91.9 Å². The van der Waals surface area contributed by atoms with Crippen molar-refractivity contribution in [3.63, 3.8) is 0 Å². The quantitative estimate of drug-likeness (QED) is 0.212. The molecule has 1 rings (SSSR count). The predicted octanol–water partition coefficient (Wildman–Crippen LogP) is 9.22. The summed E-state index contributed by atoms with van der Waals surface area (Å²) < 4.78 is 0. The number of hydrogen-bond donors (Lipinski definition) is 0. The maximum absolute atomic E-state index is 5.32. The van der Waals surface area contributed by atoms with Crippen LogP contribution in [0.1, 0.15) is 91.0 Å². The SMILES string of the molecule is C#CCCC(C)=CCCC(C)=CCCC(C)=CCCC(C)=CCCc1ccsc1. The molecule has 1 heteroatoms. The van der Waals surface area contributed by atoms with E-state index < -0.39 is 0 Å². The molecule has 158 valence electrons. The minimum Gasteiger partial charge on any atom is -0.152 e. The Morgan fingerprint density at radius 2 is 1.28 bits per heavy atom. The summed E-state index contributed by atoms with van der Waals surface area (Å²) in [5.41, 5.74) is 7.43. The third-order valence-electron chi connectivity index (χ3n) is 5.26. The summed E-state index contributed by atoms with van der Waals surface area (Å²) in [4.78, 5) is 0. The third-order valence-corrected chi connectivity index (χ3v) is 6.00. The number of thiophene rings is 1. The smallest absolute Gasteiger partial charge is 0.0123 e. The summed E-state index contributed by atoms with van der Waals surface area (Å²) in [7, 11) is 0. The third kappa shape index (κ3) is 13.9. The summed E-state index contributed by atoms with van der Waals surface area (Å²) in [5.74, 6) is 2.71. The summed E-state index contributed by atoms with van der Waals surface area (Å²) >= 11 is 1.79. The van der Waals surface area contributed by atoms with Gasteiger partial charge in [-0.25, -0.2) is 0 Å². The molecule has 0 unspecified atom stereocenters. The Kier molecular flexibility index (Phi) is 14.0. The van der Waals surface area contributed by atoms with Gasteiger partial charge in [-0.1, -0.05) is 46.6 Å². The largest absolute Gasteiger partial charge is 0.152 e. The molecule has 0 aliphatic rings. The first-order chi connectivity index (χ1) is 14.0. The standard InChI is InChI=1S/C28H40S/c1-6-7-12-24(2)13-8-14-25(3)15-9-16-26(4)17-10-18-27(5)19-11-20-28-21-22-29-23-28/h1,13,15,17,19,21-23H,7-12,14,16,18,20H2,2-5H3. The molecule has 0 spiro atoms. The van der Waals surface area contributed by atoms with Gasteiger partial charge in [0, 0.05) is 6.42 Å². The second kappa shape index (κ2) is 16.1. The molecule has 0 nitrogen and oxygen atoms in total. The molecular formula is C28H40S. The normalized spacial score (nSPS) is 13.6. The van der Waals surface area contributed by atoms with Gasteiger partial charge in [0.15, 0.2) is 0 Å². The molecular weight excluding hydrogens is 368 g/mol. The van der Waals surface area contributed by atoms with Crippen LogP contribution >= 0.6 is 11.3 Å². The molecule has 29 heavy (non-hydrogen) atoms. The van der Waals surface area contributed by atoms with E-state index in [1.807, 2.05) is 0 Å². The second-order valence-electron chi connectivity index (χ2n) is 8.19. The van der Waals surface area contributed by atoms with Crippen molar-refractivity contribution in [1.82, 2.24) is 0 Å². The number of aryl methyl sites for hydroxylation is 1. The highest BCUT2D eigenvalue weighted by Crippen LogP contribution is 2.15. The molecule has 0 fully saturated rings. The first-order valence-electron chi connectivity index (χ1n) is 11.1. The Balaban J connectivity index is 2.19. The Labute approximate surface area is 184 Å². The molecule has 0 radical (unpaired) electrons. The maximum atomic E-state index is 5.32. The molecule has 0 atom stereocenters. The van der Waals surface area contributed by atoms with Crippen LogP contribution in [0.2, 0.25) is 0 Å². The zero-order valence-corrected chi connectivity index (χ0v) is 19.9. The second-order valence-corrected chi connectivity index (χ2v) is 8.97. The van der Waals surface area contributed by atoms with E-state index >= 15 is 0 Å². The molecule has 0 bridgehead atoms. The van der Waals surface area contributed by atoms with Gasteiger partial charge >= 0.3 is 0 Å². The van der Waals surface area contributed by atoms with Crippen LogP contribution < -0.4 is 0 Å². The van der Waals surface area contributed by atoms with Crippen LogP contribution in [0.3, 0.4) is 0 Å². The van der Waals surface area contributed by atoms with Crippen molar-refractivity contribution in [2.24, 2.45) is 0 Å². The first-order valence-corrected chi connectivity index (χ1v) is 12.0. The Bertz CT molecular complexity index is 717. The van der Waals surface area contributed by atoms with Gasteiger partial charge in [-0.3, -0.25) is 0 Å². The fourth-order valence-electron chi connectivity index (χ4n) is 3.24. The lowest BCUT2D eigenvalue weighted by molar-refractivity contribution is 0.889. The van der Waals surface area contributed by atoms with E-state index in [9.17, 15) is 0 Å². The van der Waals surface area contributed by atoms with Crippen LogP contribution in [0, 0.1) is 12.3 Å². The molecule has 0 aliphatic carbocycles. The Morgan fingerprint density at radius 1 is 0.793 bits per heavy atom. The van der Waals surface area contributed by atoms with Gasteiger partial charge in [0.1, 0.15) is 0 Å². The maximum Gasteiger partial charge on any atom is 0.0123 e. The van der Waals surface area contributed by atoms with Gasteiger partial charge in [-0.15, -0.1) is 12.3 Å². The molecule has 1 heterocycles. The fraction of sp³-hybridized carbons (Fsp3) is 0.500. The summed E-state index contributed by atoms with van der Waals surface area (Å²) in [6, 6.07) is 2.23. The molecule has 0 amide bonds. The van der Waals surface area contributed by atoms with E-state index in [1.54, 1.807) is 11.3 Å². The monoisotopic (exact) mass is 408 g/mol. The van der Waals surface area contributed by atoms with Gasteiger partial charge in [0.25, 0.3) is 0 Å². The van der Waals surface area contributed by atoms with E-state index in [-0.39, 0.29) is 0 Å². The lowest BCUT2D eigenvalue weighted by Gasteiger charge is -2.03. The molecule has 0 N–H and O–H groups in total. The Morgan fingerprint density at radius 3 is 1.72 bits per heavy atom. The van der Waals surface area contributed by atoms with Gasteiger partial charge in [0.05, 0.1) is 0 Å². The number of rotatable bonds is 14.